The zero-order valence-electron chi connectivity index (χ0n) is 6.43. The van der Waals surface area contributed by atoms with Gasteiger partial charge in [-0.25, -0.2) is 8.78 Å². The minimum Gasteiger partial charge on any atom is -0.396 e. The first kappa shape index (κ1) is 9.13. The number of hydrogen-bond acceptors (Lipinski definition) is 1. The van der Waals surface area contributed by atoms with E-state index in [9.17, 15) is 8.78 Å². The van der Waals surface area contributed by atoms with Gasteiger partial charge in [0.25, 0.3) is 0 Å². The van der Waals surface area contributed by atoms with Crippen LogP contribution in [-0.2, 0) is 0 Å². The molecule has 1 nitrogen and oxygen atoms in total. The summed E-state index contributed by atoms with van der Waals surface area (Å²) in [5.41, 5.74) is 0.460. The van der Waals surface area contributed by atoms with Gasteiger partial charge in [-0.3, -0.25) is 0 Å². The van der Waals surface area contributed by atoms with Gasteiger partial charge in [-0.15, -0.1) is 0 Å². The number of hydrogen-bond donors (Lipinski definition) is 1. The van der Waals surface area contributed by atoms with Crippen molar-refractivity contribution >= 4 is 0 Å². The Labute approximate surface area is 69.7 Å². The van der Waals surface area contributed by atoms with Crippen molar-refractivity contribution in [1.29, 1.82) is 0 Å². The molecule has 1 aromatic carbocycles. The largest absolute Gasteiger partial charge is 0.396 e. The Hall–Kier alpha value is -0.960. The van der Waals surface area contributed by atoms with E-state index in [-0.39, 0.29) is 6.61 Å². The molecule has 0 saturated heterocycles. The molecule has 0 heterocycles. The first-order valence-corrected chi connectivity index (χ1v) is 3.62. The zero-order chi connectivity index (χ0) is 8.97. The van der Waals surface area contributed by atoms with Gasteiger partial charge < -0.3 is 5.11 Å². The minimum atomic E-state index is -0.598. The Kier molecular flexibility index (Phi) is 3.17. The highest BCUT2D eigenvalue weighted by Gasteiger charge is 1.99. The maximum Gasteiger partial charge on any atom is 0.126 e. The normalized spacial score (nSPS) is 10.2. The minimum absolute atomic E-state index is 0.0157. The van der Waals surface area contributed by atoms with Crippen molar-refractivity contribution in [2.24, 2.45) is 0 Å². The summed E-state index contributed by atoms with van der Waals surface area (Å²) in [6.45, 7) is -0.0157. The third-order valence-corrected chi connectivity index (χ3v) is 1.39. The molecular formula is C9H9F2O. The van der Waals surface area contributed by atoms with Crippen LogP contribution in [0.3, 0.4) is 0 Å². The second-order valence-corrected chi connectivity index (χ2v) is 2.42. The van der Waals surface area contributed by atoms with E-state index in [1.165, 1.54) is 12.1 Å². The molecule has 12 heavy (non-hydrogen) atoms. The Morgan fingerprint density at radius 1 is 1.17 bits per heavy atom. The monoisotopic (exact) mass is 171 g/mol. The lowest BCUT2D eigenvalue weighted by Crippen LogP contribution is -1.89. The number of rotatable bonds is 3. The molecule has 0 bridgehead atoms. The lowest BCUT2D eigenvalue weighted by molar-refractivity contribution is 0.299. The summed E-state index contributed by atoms with van der Waals surface area (Å²) < 4.78 is 25.1. The quantitative estimate of drug-likeness (QED) is 0.736. The molecule has 65 valence electrons. The highest BCUT2D eigenvalue weighted by atomic mass is 19.1. The summed E-state index contributed by atoms with van der Waals surface area (Å²) in [5, 5.41) is 8.45. The van der Waals surface area contributed by atoms with Crippen LogP contribution in [0.5, 0.6) is 0 Å². The fourth-order valence-corrected chi connectivity index (χ4v) is 0.924. The fraction of sp³-hybridized carbons (Fsp3) is 0.222. The van der Waals surface area contributed by atoms with Gasteiger partial charge in [0.15, 0.2) is 0 Å². The summed E-state index contributed by atoms with van der Waals surface area (Å²) >= 11 is 0. The predicted molar refractivity (Wildman–Crippen MR) is 41.5 cm³/mol. The number of benzene rings is 1. The van der Waals surface area contributed by atoms with E-state index in [2.05, 4.69) is 0 Å². The topological polar surface area (TPSA) is 20.2 Å². The van der Waals surface area contributed by atoms with Crippen LogP contribution < -0.4 is 0 Å². The Morgan fingerprint density at radius 2 is 1.75 bits per heavy atom. The highest BCUT2D eigenvalue weighted by molar-refractivity contribution is 5.24. The van der Waals surface area contributed by atoms with Gasteiger partial charge in [0.1, 0.15) is 11.6 Å². The Morgan fingerprint density at radius 3 is 2.25 bits per heavy atom. The van der Waals surface area contributed by atoms with E-state index >= 15 is 0 Å². The molecule has 3 heteroatoms. The van der Waals surface area contributed by atoms with Crippen LogP contribution >= 0.6 is 0 Å². The average molecular weight is 171 g/mol. The predicted octanol–water partition coefficient (Wildman–Crippen LogP) is 1.90. The molecule has 0 amide bonds. The number of aliphatic hydroxyl groups is 1. The molecule has 0 aliphatic rings. The zero-order valence-corrected chi connectivity index (χ0v) is 6.43. The number of halogens is 2. The third kappa shape index (κ3) is 2.58. The molecule has 1 aromatic rings. The first-order valence-electron chi connectivity index (χ1n) is 3.62. The van der Waals surface area contributed by atoms with Crippen molar-refractivity contribution in [3.05, 3.63) is 41.8 Å². The van der Waals surface area contributed by atoms with E-state index in [1.807, 2.05) is 0 Å². The Bertz CT molecular complexity index is 240. The average Bonchev–Trinajstić information content (AvgIpc) is 1.99. The van der Waals surface area contributed by atoms with E-state index in [0.29, 0.717) is 12.0 Å². The molecule has 1 N–H and O–H groups in total. The van der Waals surface area contributed by atoms with Gasteiger partial charge in [-0.1, -0.05) is 0 Å². The Balaban J connectivity index is 2.72. The smallest absolute Gasteiger partial charge is 0.126 e. The van der Waals surface area contributed by atoms with Crippen molar-refractivity contribution in [3.63, 3.8) is 0 Å². The van der Waals surface area contributed by atoms with Crippen LogP contribution in [0.4, 0.5) is 8.78 Å². The van der Waals surface area contributed by atoms with E-state index in [0.717, 1.165) is 6.07 Å². The lowest BCUT2D eigenvalue weighted by Gasteiger charge is -1.99. The molecule has 0 unspecified atom stereocenters. The van der Waals surface area contributed by atoms with Crippen molar-refractivity contribution in [2.75, 3.05) is 6.61 Å². The molecule has 0 aliphatic heterocycles. The maximum absolute atomic E-state index is 12.5. The summed E-state index contributed by atoms with van der Waals surface area (Å²) in [5.74, 6) is -1.20. The summed E-state index contributed by atoms with van der Waals surface area (Å²) in [6.07, 6.45) is 1.98. The first-order chi connectivity index (χ1) is 5.72. The summed E-state index contributed by atoms with van der Waals surface area (Å²) in [7, 11) is 0. The molecule has 0 saturated carbocycles. The van der Waals surface area contributed by atoms with Crippen molar-refractivity contribution in [3.8, 4) is 0 Å². The van der Waals surface area contributed by atoms with Crippen molar-refractivity contribution in [1.82, 2.24) is 0 Å². The second-order valence-electron chi connectivity index (χ2n) is 2.42. The SMILES string of the molecule is OCC[CH]c1cc(F)cc(F)c1. The molecular weight excluding hydrogens is 162 g/mol. The highest BCUT2D eigenvalue weighted by Crippen LogP contribution is 2.10. The molecule has 0 atom stereocenters. The standard InChI is InChI=1S/C9H9F2O/c10-8-4-7(2-1-3-12)5-9(11)6-8/h2,4-6,12H,1,3H2. The van der Waals surface area contributed by atoms with Gasteiger partial charge in [0, 0.05) is 12.7 Å². The van der Waals surface area contributed by atoms with Gasteiger partial charge in [0.2, 0.25) is 0 Å². The molecule has 0 aromatic heterocycles. The molecule has 0 fully saturated rings. The van der Waals surface area contributed by atoms with Crippen LogP contribution in [0.2, 0.25) is 0 Å². The van der Waals surface area contributed by atoms with Gasteiger partial charge in [-0.05, 0) is 30.5 Å². The molecule has 1 radical (unpaired) electrons. The van der Waals surface area contributed by atoms with E-state index in [1.54, 1.807) is 6.42 Å². The summed E-state index contributed by atoms with van der Waals surface area (Å²) in [6, 6.07) is 3.26. The molecule has 1 rings (SSSR count). The molecule has 0 spiro atoms. The molecule has 0 aliphatic carbocycles. The van der Waals surface area contributed by atoms with Crippen LogP contribution in [0.1, 0.15) is 12.0 Å². The number of aliphatic hydroxyl groups excluding tert-OH is 1. The van der Waals surface area contributed by atoms with E-state index in [4.69, 9.17) is 5.11 Å². The fourth-order valence-electron chi connectivity index (χ4n) is 0.924. The van der Waals surface area contributed by atoms with Crippen LogP contribution in [0, 0.1) is 18.1 Å². The van der Waals surface area contributed by atoms with Gasteiger partial charge >= 0.3 is 0 Å². The van der Waals surface area contributed by atoms with E-state index < -0.39 is 11.6 Å². The lowest BCUT2D eigenvalue weighted by atomic mass is 10.1. The maximum atomic E-state index is 12.5. The third-order valence-electron chi connectivity index (χ3n) is 1.39. The van der Waals surface area contributed by atoms with Crippen LogP contribution in [0.25, 0.3) is 0 Å². The van der Waals surface area contributed by atoms with Crippen molar-refractivity contribution in [2.45, 2.75) is 6.42 Å². The van der Waals surface area contributed by atoms with Crippen LogP contribution in [0.15, 0.2) is 18.2 Å². The summed E-state index contributed by atoms with van der Waals surface area (Å²) in [4.78, 5) is 0. The van der Waals surface area contributed by atoms with Gasteiger partial charge in [0.05, 0.1) is 0 Å². The van der Waals surface area contributed by atoms with Gasteiger partial charge in [-0.2, -0.15) is 0 Å². The van der Waals surface area contributed by atoms with Crippen molar-refractivity contribution < 1.29 is 13.9 Å². The second kappa shape index (κ2) is 4.16. The van der Waals surface area contributed by atoms with Crippen LogP contribution in [-0.4, -0.2) is 11.7 Å².